The minimum atomic E-state index is -0.354. The number of aromatic amines is 1. The second kappa shape index (κ2) is 8.55. The van der Waals surface area contributed by atoms with Crippen LogP contribution in [-0.4, -0.2) is 26.6 Å². The van der Waals surface area contributed by atoms with Gasteiger partial charge in [0.1, 0.15) is 0 Å². The van der Waals surface area contributed by atoms with Gasteiger partial charge in [-0.05, 0) is 54.7 Å². The fourth-order valence-electron chi connectivity index (χ4n) is 2.39. The van der Waals surface area contributed by atoms with Crippen LogP contribution in [0.15, 0.2) is 42.5 Å². The summed E-state index contributed by atoms with van der Waals surface area (Å²) >= 11 is 16.9. The molecule has 7 nitrogen and oxygen atoms in total. The van der Waals surface area contributed by atoms with Gasteiger partial charge in [0.2, 0.25) is 0 Å². The van der Waals surface area contributed by atoms with Crippen molar-refractivity contribution in [2.24, 2.45) is 7.05 Å². The van der Waals surface area contributed by atoms with Crippen LogP contribution in [0.2, 0.25) is 10.0 Å². The molecule has 0 aliphatic rings. The van der Waals surface area contributed by atoms with Crippen molar-refractivity contribution in [2.75, 3.05) is 5.32 Å². The van der Waals surface area contributed by atoms with E-state index in [9.17, 15) is 9.59 Å². The normalized spacial score (nSPS) is 10.5. The molecule has 2 amide bonds. The van der Waals surface area contributed by atoms with E-state index in [4.69, 9.17) is 35.4 Å². The summed E-state index contributed by atoms with van der Waals surface area (Å²) in [5.74, 6) is -0.0109. The topological polar surface area (TPSA) is 91.8 Å². The predicted octanol–water partition coefficient (Wildman–Crippen LogP) is 3.97. The number of nitrogens with zero attached hydrogens (tertiary/aromatic N) is 2. The maximum Gasteiger partial charge on any atom is 0.255 e. The lowest BCUT2D eigenvalue weighted by Gasteiger charge is -2.08. The number of amides is 2. The minimum absolute atomic E-state index is 0.233. The van der Waals surface area contributed by atoms with E-state index in [0.717, 1.165) is 0 Å². The number of carbonyl (C=O) groups is 2. The fourth-order valence-corrected chi connectivity index (χ4v) is 3.07. The van der Waals surface area contributed by atoms with Crippen molar-refractivity contribution in [1.82, 2.24) is 20.1 Å². The van der Waals surface area contributed by atoms with Crippen LogP contribution in [0.5, 0.6) is 0 Å². The maximum atomic E-state index is 12.3. The van der Waals surface area contributed by atoms with E-state index in [1.165, 1.54) is 12.1 Å². The zero-order valence-corrected chi connectivity index (χ0v) is 17.0. The van der Waals surface area contributed by atoms with Crippen molar-refractivity contribution < 1.29 is 9.59 Å². The van der Waals surface area contributed by atoms with Crippen LogP contribution >= 0.6 is 35.4 Å². The number of hydrogen-bond donors (Lipinski definition) is 3. The molecule has 3 N–H and O–H groups in total. The van der Waals surface area contributed by atoms with Crippen molar-refractivity contribution in [3.8, 4) is 0 Å². The quantitative estimate of drug-likeness (QED) is 0.528. The minimum Gasteiger partial charge on any atom is -0.345 e. The number of carbonyl (C=O) groups excluding carboxylic acids is 2. The molecule has 28 heavy (non-hydrogen) atoms. The third-order valence-electron chi connectivity index (χ3n) is 3.91. The van der Waals surface area contributed by atoms with Crippen LogP contribution in [0.3, 0.4) is 0 Å². The first kappa shape index (κ1) is 20.1. The molecule has 0 atom stereocenters. The number of nitrogens with one attached hydrogen (secondary N) is 3. The Labute approximate surface area is 175 Å². The van der Waals surface area contributed by atoms with Crippen LogP contribution in [0.1, 0.15) is 26.5 Å². The molecule has 3 aromatic rings. The molecule has 0 unspecified atom stereocenters. The van der Waals surface area contributed by atoms with Crippen molar-refractivity contribution >= 4 is 52.9 Å². The highest BCUT2D eigenvalue weighted by molar-refractivity contribution is 7.71. The molecule has 0 saturated carbocycles. The Balaban J connectivity index is 1.62. The Kier molecular flexibility index (Phi) is 6.13. The molecule has 0 radical (unpaired) electrons. The molecule has 1 heterocycles. The van der Waals surface area contributed by atoms with Crippen molar-refractivity contribution in [3.63, 3.8) is 0 Å². The smallest absolute Gasteiger partial charge is 0.255 e. The third-order valence-corrected chi connectivity index (χ3v) is 4.71. The van der Waals surface area contributed by atoms with Crippen LogP contribution in [0.4, 0.5) is 5.69 Å². The van der Waals surface area contributed by atoms with Crippen LogP contribution in [-0.2, 0) is 13.6 Å². The number of aromatic nitrogens is 3. The zero-order chi connectivity index (χ0) is 20.3. The van der Waals surface area contributed by atoms with Gasteiger partial charge in [0.25, 0.3) is 11.8 Å². The van der Waals surface area contributed by atoms with E-state index in [1.807, 2.05) is 0 Å². The van der Waals surface area contributed by atoms with Gasteiger partial charge in [-0.15, -0.1) is 0 Å². The highest BCUT2D eigenvalue weighted by Crippen LogP contribution is 2.20. The second-order valence-corrected chi connectivity index (χ2v) is 7.14. The van der Waals surface area contributed by atoms with E-state index in [2.05, 4.69) is 20.8 Å². The monoisotopic (exact) mass is 435 g/mol. The molecule has 144 valence electrons. The van der Waals surface area contributed by atoms with Gasteiger partial charge >= 0.3 is 0 Å². The van der Waals surface area contributed by atoms with Gasteiger partial charge in [0.15, 0.2) is 10.6 Å². The molecule has 0 spiro atoms. The maximum absolute atomic E-state index is 12.3. The number of benzene rings is 2. The molecule has 10 heteroatoms. The molecular weight excluding hydrogens is 421 g/mol. The molecule has 0 fully saturated rings. The molecule has 0 saturated heterocycles. The average Bonchev–Trinajstić information content (AvgIpc) is 2.98. The van der Waals surface area contributed by atoms with Gasteiger partial charge in [0, 0.05) is 33.9 Å². The van der Waals surface area contributed by atoms with Crippen molar-refractivity contribution in [3.05, 3.63) is 74.2 Å². The highest BCUT2D eigenvalue weighted by atomic mass is 35.5. The summed E-state index contributed by atoms with van der Waals surface area (Å²) in [7, 11) is 1.76. The van der Waals surface area contributed by atoms with Crippen LogP contribution < -0.4 is 10.6 Å². The SMILES string of the molecule is Cn1c(CNC(=O)c2ccc(NC(=O)c3cc(Cl)cc(Cl)c3)cc2)n[nH]c1=S. The molecular formula is C18H15Cl2N5O2S. The lowest BCUT2D eigenvalue weighted by atomic mass is 10.1. The summed E-state index contributed by atoms with van der Waals surface area (Å²) in [5, 5.41) is 12.9. The Morgan fingerprint density at radius 1 is 1.07 bits per heavy atom. The Morgan fingerprint density at radius 3 is 2.29 bits per heavy atom. The van der Waals surface area contributed by atoms with E-state index >= 15 is 0 Å². The Hall–Kier alpha value is -2.68. The predicted molar refractivity (Wildman–Crippen MR) is 110 cm³/mol. The lowest BCUT2D eigenvalue weighted by molar-refractivity contribution is 0.0949. The first-order valence-electron chi connectivity index (χ1n) is 8.09. The summed E-state index contributed by atoms with van der Waals surface area (Å²) in [4.78, 5) is 24.6. The number of anilines is 1. The van der Waals surface area contributed by atoms with Gasteiger partial charge in [-0.2, -0.15) is 5.10 Å². The molecule has 1 aromatic heterocycles. The zero-order valence-electron chi connectivity index (χ0n) is 14.6. The van der Waals surface area contributed by atoms with E-state index < -0.39 is 0 Å². The molecule has 0 aliphatic heterocycles. The molecule has 3 rings (SSSR count). The Bertz CT molecular complexity index is 1070. The first-order valence-corrected chi connectivity index (χ1v) is 9.26. The van der Waals surface area contributed by atoms with Gasteiger partial charge < -0.3 is 15.2 Å². The standard InChI is InChI=1S/C18H15Cl2N5O2S/c1-25-15(23-24-18(25)28)9-21-16(26)10-2-4-14(5-3-10)22-17(27)11-6-12(19)8-13(20)7-11/h2-8H,9H2,1H3,(H,21,26)(H,22,27)(H,24,28). The summed E-state index contributed by atoms with van der Waals surface area (Å²) < 4.78 is 2.15. The van der Waals surface area contributed by atoms with Gasteiger partial charge in [-0.25, -0.2) is 0 Å². The first-order chi connectivity index (χ1) is 13.3. The Morgan fingerprint density at radius 2 is 1.71 bits per heavy atom. The van der Waals surface area contributed by atoms with Gasteiger partial charge in [-0.1, -0.05) is 23.2 Å². The van der Waals surface area contributed by atoms with E-state index in [1.54, 1.807) is 41.9 Å². The number of halogens is 2. The summed E-state index contributed by atoms with van der Waals surface area (Å²) in [6.07, 6.45) is 0. The summed E-state index contributed by atoms with van der Waals surface area (Å²) in [5.41, 5.74) is 1.32. The lowest BCUT2D eigenvalue weighted by Crippen LogP contribution is -2.24. The number of hydrogen-bond acceptors (Lipinski definition) is 4. The number of rotatable bonds is 5. The second-order valence-electron chi connectivity index (χ2n) is 5.88. The molecule has 0 bridgehead atoms. The fraction of sp³-hybridized carbons (Fsp3) is 0.111. The van der Waals surface area contributed by atoms with Crippen LogP contribution in [0, 0.1) is 4.77 Å². The summed E-state index contributed by atoms with van der Waals surface area (Å²) in [6.45, 7) is 0.233. The largest absolute Gasteiger partial charge is 0.345 e. The molecule has 2 aromatic carbocycles. The van der Waals surface area contributed by atoms with Gasteiger partial charge in [-0.3, -0.25) is 14.7 Å². The molecule has 0 aliphatic carbocycles. The summed E-state index contributed by atoms with van der Waals surface area (Å²) in [6, 6.07) is 11.1. The van der Waals surface area contributed by atoms with Crippen molar-refractivity contribution in [2.45, 2.75) is 6.54 Å². The number of H-pyrrole nitrogens is 1. The average molecular weight is 436 g/mol. The van der Waals surface area contributed by atoms with Gasteiger partial charge in [0.05, 0.1) is 6.54 Å². The van der Waals surface area contributed by atoms with E-state index in [0.29, 0.717) is 37.5 Å². The highest BCUT2D eigenvalue weighted by Gasteiger charge is 2.11. The van der Waals surface area contributed by atoms with E-state index in [-0.39, 0.29) is 18.4 Å². The van der Waals surface area contributed by atoms with Crippen molar-refractivity contribution in [1.29, 1.82) is 0 Å². The van der Waals surface area contributed by atoms with Crippen LogP contribution in [0.25, 0.3) is 0 Å². The third kappa shape index (κ3) is 4.78.